The van der Waals surface area contributed by atoms with E-state index in [1.807, 2.05) is 0 Å². The molecule has 0 saturated carbocycles. The molecule has 17 heavy (non-hydrogen) atoms. The molecule has 0 atom stereocenters. The molecular weight excluding hydrogens is 302 g/mol. The molecule has 15 nitrogen and oxygen atoms in total. The van der Waals surface area contributed by atoms with Gasteiger partial charge in [-0.2, -0.15) is 4.31 Å². The molecule has 0 aromatic carbocycles. The molecule has 0 aliphatic carbocycles. The zero-order valence-electron chi connectivity index (χ0n) is 7.91. The molecule has 0 radical (unpaired) electrons. The lowest BCUT2D eigenvalue weighted by molar-refractivity contribution is 0.225. The molecule has 0 aliphatic heterocycles. The fourth-order valence-corrected chi connectivity index (χ4v) is 1.25. The van der Waals surface area contributed by atoms with Crippen molar-refractivity contribution in [2.45, 2.75) is 0 Å². The summed E-state index contributed by atoms with van der Waals surface area (Å²) in [6.07, 6.45) is 0. The summed E-state index contributed by atoms with van der Waals surface area (Å²) < 4.78 is 22.2. The highest BCUT2D eigenvalue weighted by Crippen LogP contribution is 2.53. The first-order valence-corrected chi connectivity index (χ1v) is 4.59. The van der Waals surface area contributed by atoms with Crippen LogP contribution in [0.4, 0.5) is 0 Å². The van der Waals surface area contributed by atoms with Crippen molar-refractivity contribution >= 4 is 15.6 Å². The van der Waals surface area contributed by atoms with E-state index in [2.05, 4.69) is 4.31 Å². The predicted octanol–water partition coefficient (Wildman–Crippen LogP) is -7.41. The Labute approximate surface area is 93.6 Å². The number of hydrogen-bond acceptors (Lipinski definition) is 3. The van der Waals surface area contributed by atoms with E-state index in [4.69, 9.17) is 19.6 Å². The van der Waals surface area contributed by atoms with Gasteiger partial charge in [0.05, 0.1) is 0 Å². The Bertz CT molecular complexity index is 149. The maximum absolute atomic E-state index is 9.63. The van der Waals surface area contributed by atoms with Crippen molar-refractivity contribution in [3.8, 4) is 0 Å². The minimum atomic E-state index is -5.05. The number of hydrogen-bond donors (Lipinski definition) is 4. The van der Waals surface area contributed by atoms with Crippen LogP contribution in [0, 0.1) is 0 Å². The average Bonchev–Trinajstić information content (AvgIpc) is 1.14. The zero-order valence-corrected chi connectivity index (χ0v) is 9.70. The quantitative estimate of drug-likeness (QED) is 0.355. The van der Waals surface area contributed by atoms with E-state index in [-0.39, 0.29) is 43.8 Å². The highest BCUT2D eigenvalue weighted by Gasteiger charge is 2.27. The van der Waals surface area contributed by atoms with Crippen LogP contribution in [0.25, 0.3) is 0 Å². The van der Waals surface area contributed by atoms with E-state index in [1.54, 1.807) is 0 Å². The van der Waals surface area contributed by atoms with Gasteiger partial charge in [-0.05, 0) is 0 Å². The van der Waals surface area contributed by atoms with Gasteiger partial charge in [-0.15, -0.1) is 0 Å². The van der Waals surface area contributed by atoms with E-state index in [0.29, 0.717) is 0 Å². The zero-order chi connectivity index (χ0) is 7.71. The fourth-order valence-electron chi connectivity index (χ4n) is 0.139. The third-order valence-corrected chi connectivity index (χ3v) is 1.91. The summed E-state index contributed by atoms with van der Waals surface area (Å²) in [6, 6.07) is 0. The monoisotopic (exact) mass is 322 g/mol. The second kappa shape index (κ2) is 21.2. The molecule has 0 rings (SSSR count). The lowest BCUT2D eigenvalue weighted by atomic mass is 15.7. The molecule has 0 saturated heterocycles. The average molecular weight is 322 g/mol. The maximum Gasteiger partial charge on any atom is 0.478 e. The maximum atomic E-state index is 9.63. The first kappa shape index (κ1) is 68.3. The van der Waals surface area contributed by atoms with E-state index >= 15 is 0 Å². The topological polar surface area (TPSA) is 376 Å². The summed E-state index contributed by atoms with van der Waals surface area (Å²) >= 11 is 0. The molecule has 0 heterocycles. The smallest absolute Gasteiger partial charge is 0.412 e. The predicted molar refractivity (Wildman–Crippen MR) is 54.1 cm³/mol. The van der Waals surface area contributed by atoms with Crippen LogP contribution in [-0.4, -0.2) is 63.4 Å². The van der Waals surface area contributed by atoms with Crippen LogP contribution in [0.5, 0.6) is 0 Å². The highest BCUT2D eigenvalue weighted by molar-refractivity contribution is 7.60. The van der Waals surface area contributed by atoms with Crippen LogP contribution in [-0.2, 0) is 13.4 Å². The molecule has 20 N–H and O–H groups in total. The Morgan fingerprint density at radius 3 is 0.647 bits per heavy atom. The molecule has 0 unspecified atom stereocenters. The van der Waals surface area contributed by atoms with Crippen LogP contribution in [0.3, 0.4) is 0 Å². The summed E-state index contributed by atoms with van der Waals surface area (Å²) in [5.41, 5.74) is 0. The Kier molecular flexibility index (Phi) is 85.3. The Morgan fingerprint density at radius 1 is 0.529 bits per heavy atom. The van der Waals surface area contributed by atoms with Crippen molar-refractivity contribution < 1.29 is 76.8 Å². The molecule has 0 amide bonds. The molecule has 17 heteroatoms. The third kappa shape index (κ3) is 87.8. The molecule has 0 aromatic rings. The molecule has 0 spiro atoms. The van der Waals surface area contributed by atoms with E-state index < -0.39 is 15.6 Å². The van der Waals surface area contributed by atoms with Crippen molar-refractivity contribution in [2.75, 3.05) is 0 Å². The summed E-state index contributed by atoms with van der Waals surface area (Å²) in [5, 5.41) is 0. The second-order valence-corrected chi connectivity index (χ2v) is 3.68. The molecule has 0 aliphatic rings. The van der Waals surface area contributed by atoms with Gasteiger partial charge in [0.25, 0.3) is 0 Å². The third-order valence-electron chi connectivity index (χ3n) is 0.213. The second-order valence-electron chi connectivity index (χ2n) is 1.06. The number of phosphoric acid groups is 2. The molecule has 0 aromatic heterocycles. The van der Waals surface area contributed by atoms with Gasteiger partial charge in [-0.1, -0.05) is 0 Å². The standard InChI is InChI=1S/H4O7P2.8H2O/c1-8(2,3)7-9(4,5)6;;;;;;;;/h(H2,1,2,3)(H2,4,5,6);8*1H2. The van der Waals surface area contributed by atoms with E-state index in [0.717, 1.165) is 0 Å². The van der Waals surface area contributed by atoms with Gasteiger partial charge in [-0.3, -0.25) is 0 Å². The molecular formula is H20O15P2. The van der Waals surface area contributed by atoms with E-state index in [9.17, 15) is 9.13 Å². The summed E-state index contributed by atoms with van der Waals surface area (Å²) in [7, 11) is -10.1. The van der Waals surface area contributed by atoms with Crippen LogP contribution < -0.4 is 0 Å². The minimum absolute atomic E-state index is 0. The van der Waals surface area contributed by atoms with Crippen molar-refractivity contribution in [3.63, 3.8) is 0 Å². The van der Waals surface area contributed by atoms with Crippen LogP contribution in [0.15, 0.2) is 0 Å². The van der Waals surface area contributed by atoms with Gasteiger partial charge in [0.1, 0.15) is 0 Å². The molecule has 120 valence electrons. The molecule has 0 bridgehead atoms. The van der Waals surface area contributed by atoms with Gasteiger partial charge < -0.3 is 63.4 Å². The Hall–Kier alpha value is -0.0600. The van der Waals surface area contributed by atoms with Gasteiger partial charge in [0.15, 0.2) is 0 Å². The van der Waals surface area contributed by atoms with Crippen molar-refractivity contribution in [2.24, 2.45) is 0 Å². The highest BCUT2D eigenvalue weighted by atomic mass is 31.3. The lowest BCUT2D eigenvalue weighted by Crippen LogP contribution is -1.84. The Morgan fingerprint density at radius 2 is 0.647 bits per heavy atom. The fraction of sp³-hybridized carbons (Fsp3) is 0. The Balaban J connectivity index is -0.0000000114. The van der Waals surface area contributed by atoms with Gasteiger partial charge >= 0.3 is 15.6 Å². The normalized spacial score (nSPS) is 7.29. The first-order valence-electron chi connectivity index (χ1n) is 1.53. The lowest BCUT2D eigenvalue weighted by Gasteiger charge is -2.03. The van der Waals surface area contributed by atoms with Crippen LogP contribution in [0.1, 0.15) is 0 Å². The summed E-state index contributed by atoms with van der Waals surface area (Å²) in [6.45, 7) is 0. The van der Waals surface area contributed by atoms with Gasteiger partial charge in [0, 0.05) is 0 Å². The van der Waals surface area contributed by atoms with Gasteiger partial charge in [-0.25, -0.2) is 9.13 Å². The number of rotatable bonds is 2. The SMILES string of the molecule is O.O.O.O.O.O.O.O.O=P(O)(O)OP(=O)(O)O. The first-order chi connectivity index (χ1) is 3.71. The minimum Gasteiger partial charge on any atom is -0.412 e. The van der Waals surface area contributed by atoms with Crippen molar-refractivity contribution in [1.82, 2.24) is 0 Å². The largest absolute Gasteiger partial charge is 0.478 e. The molecule has 0 fully saturated rings. The van der Waals surface area contributed by atoms with Gasteiger partial charge in [0.2, 0.25) is 0 Å². The summed E-state index contributed by atoms with van der Waals surface area (Å²) in [4.78, 5) is 31.0. The van der Waals surface area contributed by atoms with Crippen molar-refractivity contribution in [1.29, 1.82) is 0 Å². The van der Waals surface area contributed by atoms with E-state index in [1.165, 1.54) is 0 Å². The van der Waals surface area contributed by atoms with Crippen LogP contribution in [0.2, 0.25) is 0 Å². The summed E-state index contributed by atoms with van der Waals surface area (Å²) in [5.74, 6) is 0. The van der Waals surface area contributed by atoms with Crippen LogP contribution >= 0.6 is 15.6 Å². The van der Waals surface area contributed by atoms with Crippen molar-refractivity contribution in [3.05, 3.63) is 0 Å².